The summed E-state index contributed by atoms with van der Waals surface area (Å²) in [5.41, 5.74) is -1.13. The van der Waals surface area contributed by atoms with E-state index in [0.717, 1.165) is 6.07 Å². The molecule has 18 heavy (non-hydrogen) atoms. The zero-order valence-electron chi connectivity index (χ0n) is 9.54. The fourth-order valence-electron chi connectivity index (χ4n) is 1.78. The van der Waals surface area contributed by atoms with Gasteiger partial charge >= 0.3 is 6.18 Å². The smallest absolute Gasteiger partial charge is 0.416 e. The summed E-state index contributed by atoms with van der Waals surface area (Å²) in [6.45, 7) is -0.0963. The number of nitrogens with one attached hydrogen (secondary N) is 1. The van der Waals surface area contributed by atoms with E-state index >= 15 is 0 Å². The number of halogens is 3. The Bertz CT molecular complexity index is 448. The summed E-state index contributed by atoms with van der Waals surface area (Å²) < 4.78 is 48.6. The Morgan fingerprint density at radius 3 is 2.50 bits per heavy atom. The first-order valence-corrected chi connectivity index (χ1v) is 5.27. The number of ether oxygens (including phenoxy) is 2. The van der Waals surface area contributed by atoms with Gasteiger partial charge in [-0.1, -0.05) is 0 Å². The second-order valence-electron chi connectivity index (χ2n) is 3.86. The van der Waals surface area contributed by atoms with Crippen molar-refractivity contribution in [3.63, 3.8) is 0 Å². The van der Waals surface area contributed by atoms with Crippen LogP contribution in [-0.2, 0) is 6.18 Å². The average Bonchev–Trinajstić information content (AvgIpc) is 2.73. The SMILES string of the molecule is CNCC(O)c1cc2c(cc1C(F)(F)F)OCO2. The van der Waals surface area contributed by atoms with Crippen LogP contribution < -0.4 is 14.8 Å². The van der Waals surface area contributed by atoms with Gasteiger partial charge in [0.1, 0.15) is 0 Å². The van der Waals surface area contributed by atoms with E-state index in [0.29, 0.717) is 0 Å². The third-order valence-electron chi connectivity index (χ3n) is 2.61. The van der Waals surface area contributed by atoms with Crippen molar-refractivity contribution in [2.45, 2.75) is 12.3 Å². The van der Waals surface area contributed by atoms with Crippen LogP contribution in [0.5, 0.6) is 11.5 Å². The molecule has 1 aliphatic rings. The fourth-order valence-corrected chi connectivity index (χ4v) is 1.78. The molecule has 1 atom stereocenters. The van der Waals surface area contributed by atoms with Gasteiger partial charge in [0.05, 0.1) is 11.7 Å². The van der Waals surface area contributed by atoms with Crippen molar-refractivity contribution in [3.8, 4) is 11.5 Å². The van der Waals surface area contributed by atoms with Crippen LogP contribution >= 0.6 is 0 Å². The van der Waals surface area contributed by atoms with Gasteiger partial charge in [0.15, 0.2) is 11.5 Å². The molecule has 2 N–H and O–H groups in total. The molecule has 0 fully saturated rings. The van der Waals surface area contributed by atoms with Crippen LogP contribution in [0.15, 0.2) is 12.1 Å². The van der Waals surface area contributed by atoms with Gasteiger partial charge < -0.3 is 19.9 Å². The minimum Gasteiger partial charge on any atom is -0.454 e. The van der Waals surface area contributed by atoms with Crippen molar-refractivity contribution >= 4 is 0 Å². The molecule has 0 spiro atoms. The number of alkyl halides is 3. The molecule has 4 nitrogen and oxygen atoms in total. The summed E-state index contributed by atoms with van der Waals surface area (Å²) in [7, 11) is 1.55. The Labute approximate surface area is 101 Å². The number of hydrogen-bond acceptors (Lipinski definition) is 4. The van der Waals surface area contributed by atoms with Gasteiger partial charge in [0, 0.05) is 6.54 Å². The van der Waals surface area contributed by atoms with E-state index in [1.54, 1.807) is 7.05 Å². The van der Waals surface area contributed by atoms with Gasteiger partial charge in [0.25, 0.3) is 0 Å². The van der Waals surface area contributed by atoms with Crippen LogP contribution in [0.1, 0.15) is 17.2 Å². The zero-order chi connectivity index (χ0) is 13.3. The molecule has 0 amide bonds. The number of benzene rings is 1. The molecular formula is C11H12F3NO3. The molecule has 7 heteroatoms. The second kappa shape index (κ2) is 4.66. The lowest BCUT2D eigenvalue weighted by atomic mass is 10.0. The average molecular weight is 263 g/mol. The van der Waals surface area contributed by atoms with E-state index < -0.39 is 17.8 Å². The molecule has 2 rings (SSSR count). The summed E-state index contributed by atoms with van der Waals surface area (Å²) in [6, 6.07) is 2.03. The van der Waals surface area contributed by atoms with Crippen molar-refractivity contribution in [1.29, 1.82) is 0 Å². The van der Waals surface area contributed by atoms with Gasteiger partial charge in [-0.15, -0.1) is 0 Å². The van der Waals surface area contributed by atoms with Gasteiger partial charge in [0.2, 0.25) is 6.79 Å². The molecule has 1 aromatic carbocycles. The van der Waals surface area contributed by atoms with Crippen molar-refractivity contribution in [1.82, 2.24) is 5.32 Å². The number of aliphatic hydroxyl groups excluding tert-OH is 1. The van der Waals surface area contributed by atoms with Crippen LogP contribution in [0.2, 0.25) is 0 Å². The third-order valence-corrected chi connectivity index (χ3v) is 2.61. The monoisotopic (exact) mass is 263 g/mol. The topological polar surface area (TPSA) is 50.7 Å². The van der Waals surface area contributed by atoms with Crippen molar-refractivity contribution in [3.05, 3.63) is 23.3 Å². The van der Waals surface area contributed by atoms with E-state index in [2.05, 4.69) is 5.32 Å². The molecule has 100 valence electrons. The largest absolute Gasteiger partial charge is 0.454 e. The molecule has 0 radical (unpaired) electrons. The molecule has 0 saturated carbocycles. The van der Waals surface area contributed by atoms with Crippen LogP contribution in [0.25, 0.3) is 0 Å². The van der Waals surface area contributed by atoms with Crippen molar-refractivity contribution in [2.75, 3.05) is 20.4 Å². The molecule has 0 aliphatic carbocycles. The Morgan fingerprint density at radius 2 is 1.94 bits per heavy atom. The Morgan fingerprint density at radius 1 is 1.33 bits per heavy atom. The first-order valence-electron chi connectivity index (χ1n) is 5.27. The maximum absolute atomic E-state index is 12.9. The highest BCUT2D eigenvalue weighted by atomic mass is 19.4. The van der Waals surface area contributed by atoms with Crippen molar-refractivity contribution < 1.29 is 27.8 Å². The van der Waals surface area contributed by atoms with Crippen LogP contribution in [0.3, 0.4) is 0 Å². The maximum atomic E-state index is 12.9. The van der Waals surface area contributed by atoms with E-state index in [9.17, 15) is 18.3 Å². The molecule has 1 unspecified atom stereocenters. The standard InChI is InChI=1S/C11H12F3NO3/c1-15-4-8(16)6-2-9-10(18-5-17-9)3-7(6)11(12,13)14/h2-3,8,15-16H,4-5H2,1H3. The number of fused-ring (bicyclic) bond motifs is 1. The van der Waals surface area contributed by atoms with Crippen molar-refractivity contribution in [2.24, 2.45) is 0 Å². The summed E-state index contributed by atoms with van der Waals surface area (Å²) >= 11 is 0. The first-order chi connectivity index (χ1) is 8.43. The lowest BCUT2D eigenvalue weighted by Crippen LogP contribution is -2.20. The summed E-state index contributed by atoms with van der Waals surface area (Å²) in [5, 5.41) is 12.4. The van der Waals surface area contributed by atoms with Gasteiger partial charge in [-0.3, -0.25) is 0 Å². The Hall–Kier alpha value is -1.47. The maximum Gasteiger partial charge on any atom is 0.416 e. The normalized spacial score (nSPS) is 15.8. The minimum absolute atomic E-state index is 0.0166. The summed E-state index contributed by atoms with van der Waals surface area (Å²) in [6.07, 6.45) is -5.81. The lowest BCUT2D eigenvalue weighted by molar-refractivity contribution is -0.139. The van der Waals surface area contributed by atoms with Crippen LogP contribution in [0.4, 0.5) is 13.2 Å². The Balaban J connectivity index is 2.48. The minimum atomic E-state index is -4.55. The molecule has 0 saturated heterocycles. The highest BCUT2D eigenvalue weighted by Gasteiger charge is 2.37. The van der Waals surface area contributed by atoms with Crippen LogP contribution in [0, 0.1) is 0 Å². The quantitative estimate of drug-likeness (QED) is 0.871. The molecule has 1 heterocycles. The number of aliphatic hydroxyl groups is 1. The van der Waals surface area contributed by atoms with E-state index in [-0.39, 0.29) is 30.4 Å². The number of hydrogen-bond donors (Lipinski definition) is 2. The zero-order valence-corrected chi connectivity index (χ0v) is 9.54. The van der Waals surface area contributed by atoms with E-state index in [1.807, 2.05) is 0 Å². The van der Waals surface area contributed by atoms with Crippen LogP contribution in [-0.4, -0.2) is 25.5 Å². The van der Waals surface area contributed by atoms with E-state index in [4.69, 9.17) is 9.47 Å². The van der Waals surface area contributed by atoms with E-state index in [1.165, 1.54) is 6.07 Å². The predicted molar refractivity (Wildman–Crippen MR) is 56.5 cm³/mol. The molecule has 0 aromatic heterocycles. The molecular weight excluding hydrogens is 251 g/mol. The summed E-state index contributed by atoms with van der Waals surface area (Å²) in [5.74, 6) is 0.260. The highest BCUT2D eigenvalue weighted by molar-refractivity contribution is 5.50. The highest BCUT2D eigenvalue weighted by Crippen LogP contribution is 2.42. The predicted octanol–water partition coefficient (Wildman–Crippen LogP) is 1.69. The summed E-state index contributed by atoms with van der Waals surface area (Å²) in [4.78, 5) is 0. The fraction of sp³-hybridized carbons (Fsp3) is 0.455. The van der Waals surface area contributed by atoms with Gasteiger partial charge in [-0.05, 0) is 24.7 Å². The van der Waals surface area contributed by atoms with Gasteiger partial charge in [-0.2, -0.15) is 13.2 Å². The number of likely N-dealkylation sites (N-methyl/N-ethyl adjacent to an activating group) is 1. The lowest BCUT2D eigenvalue weighted by Gasteiger charge is -2.18. The van der Waals surface area contributed by atoms with Gasteiger partial charge in [-0.25, -0.2) is 0 Å². The second-order valence-corrected chi connectivity index (χ2v) is 3.86. The molecule has 1 aromatic rings. The molecule has 1 aliphatic heterocycles. The molecule has 0 bridgehead atoms. The Kier molecular flexibility index (Phi) is 3.36. The number of rotatable bonds is 3. The third kappa shape index (κ3) is 2.37. The first kappa shape index (κ1) is 13.0.